The molecule has 10 heteroatoms. The van der Waals surface area contributed by atoms with Crippen molar-refractivity contribution in [1.82, 2.24) is 15.3 Å². The number of thiophene rings is 1. The molecule has 1 saturated carbocycles. The number of rotatable bonds is 8. The highest BCUT2D eigenvalue weighted by Crippen LogP contribution is 2.31. The van der Waals surface area contributed by atoms with Crippen LogP contribution < -0.4 is 21.3 Å². The first kappa shape index (κ1) is 24.5. The van der Waals surface area contributed by atoms with Crippen molar-refractivity contribution < 1.29 is 13.9 Å². The van der Waals surface area contributed by atoms with E-state index in [4.69, 9.17) is 9.72 Å². The first-order valence-electron chi connectivity index (χ1n) is 12.4. The van der Waals surface area contributed by atoms with Crippen molar-refractivity contribution in [2.45, 2.75) is 56.7 Å². The molecule has 5 rings (SSSR count). The lowest BCUT2D eigenvalue weighted by atomic mass is 9.91. The molecule has 2 fully saturated rings. The van der Waals surface area contributed by atoms with Crippen LogP contribution in [-0.2, 0) is 9.53 Å². The van der Waals surface area contributed by atoms with Gasteiger partial charge in [0, 0.05) is 37.0 Å². The zero-order valence-electron chi connectivity index (χ0n) is 20.1. The third-order valence-electron chi connectivity index (χ3n) is 6.71. The molecular formula is C26H31FN6O2S. The van der Waals surface area contributed by atoms with Crippen molar-refractivity contribution in [3.63, 3.8) is 0 Å². The van der Waals surface area contributed by atoms with E-state index >= 15 is 0 Å². The van der Waals surface area contributed by atoms with Gasteiger partial charge in [-0.25, -0.2) is 9.37 Å². The van der Waals surface area contributed by atoms with Crippen LogP contribution in [0.25, 0.3) is 10.2 Å². The van der Waals surface area contributed by atoms with E-state index in [-0.39, 0.29) is 29.8 Å². The molecule has 3 aromatic rings. The van der Waals surface area contributed by atoms with Crippen LogP contribution in [0.3, 0.4) is 0 Å². The van der Waals surface area contributed by atoms with Crippen molar-refractivity contribution in [2.24, 2.45) is 0 Å². The molecule has 0 radical (unpaired) electrons. The Hall–Kier alpha value is -3.24. The van der Waals surface area contributed by atoms with Gasteiger partial charge in [-0.1, -0.05) is 6.58 Å². The lowest BCUT2D eigenvalue weighted by molar-refractivity contribution is -0.117. The first-order chi connectivity index (χ1) is 17.6. The molecule has 0 atom stereocenters. The number of nitrogens with zero attached hydrogens (tertiary/aromatic N) is 2. The molecule has 2 aromatic heterocycles. The third-order valence-corrected chi connectivity index (χ3v) is 7.62. The molecular weight excluding hydrogens is 479 g/mol. The SMILES string of the molecule is C=CC(=O)NC1CCC(Nc2nc(Nc3ccc(NC4CCOCC4)c(F)c3)nc3ccsc23)CC1. The number of benzene rings is 1. The molecule has 2 aliphatic rings. The number of nitrogens with one attached hydrogen (secondary N) is 4. The molecule has 4 N–H and O–H groups in total. The monoisotopic (exact) mass is 510 g/mol. The normalized spacial score (nSPS) is 20.6. The van der Waals surface area contributed by atoms with Crippen molar-refractivity contribution in [3.8, 4) is 0 Å². The molecule has 190 valence electrons. The minimum Gasteiger partial charge on any atom is -0.381 e. The summed E-state index contributed by atoms with van der Waals surface area (Å²) in [6, 6.07) is 7.66. The Balaban J connectivity index is 1.26. The van der Waals surface area contributed by atoms with Gasteiger partial charge in [0.05, 0.1) is 15.9 Å². The predicted molar refractivity (Wildman–Crippen MR) is 143 cm³/mol. The largest absolute Gasteiger partial charge is 0.381 e. The van der Waals surface area contributed by atoms with Crippen molar-refractivity contribution in [1.29, 1.82) is 0 Å². The fourth-order valence-corrected chi connectivity index (χ4v) is 5.54. The molecule has 1 aliphatic heterocycles. The van der Waals surface area contributed by atoms with Gasteiger partial charge in [-0.15, -0.1) is 11.3 Å². The number of carbonyl (C=O) groups excluding carboxylic acids is 1. The highest BCUT2D eigenvalue weighted by molar-refractivity contribution is 7.17. The number of fused-ring (bicyclic) bond motifs is 1. The van der Waals surface area contributed by atoms with E-state index in [0.717, 1.165) is 54.6 Å². The van der Waals surface area contributed by atoms with Crippen LogP contribution >= 0.6 is 11.3 Å². The third kappa shape index (κ3) is 5.93. The van der Waals surface area contributed by atoms with Gasteiger partial charge >= 0.3 is 0 Å². The zero-order chi connectivity index (χ0) is 24.9. The maximum Gasteiger partial charge on any atom is 0.243 e. The van der Waals surface area contributed by atoms with Crippen LogP contribution in [-0.4, -0.2) is 47.2 Å². The van der Waals surface area contributed by atoms with E-state index in [0.29, 0.717) is 30.5 Å². The molecule has 0 spiro atoms. The van der Waals surface area contributed by atoms with Gasteiger partial charge in [-0.2, -0.15) is 4.98 Å². The first-order valence-corrected chi connectivity index (χ1v) is 13.3. The number of carbonyl (C=O) groups is 1. The van der Waals surface area contributed by atoms with E-state index in [1.54, 1.807) is 17.4 Å². The van der Waals surface area contributed by atoms with Crippen molar-refractivity contribution >= 4 is 50.6 Å². The van der Waals surface area contributed by atoms with Crippen molar-refractivity contribution in [3.05, 3.63) is 48.1 Å². The summed E-state index contributed by atoms with van der Waals surface area (Å²) in [4.78, 5) is 20.9. The number of halogens is 1. The van der Waals surface area contributed by atoms with Gasteiger partial charge in [0.25, 0.3) is 0 Å². The summed E-state index contributed by atoms with van der Waals surface area (Å²) in [6.45, 7) is 4.92. The lowest BCUT2D eigenvalue weighted by Gasteiger charge is -2.29. The van der Waals surface area contributed by atoms with Gasteiger partial charge in [0.2, 0.25) is 11.9 Å². The smallest absolute Gasteiger partial charge is 0.243 e. The minimum atomic E-state index is -0.318. The highest BCUT2D eigenvalue weighted by Gasteiger charge is 2.23. The van der Waals surface area contributed by atoms with Crippen molar-refractivity contribution in [2.75, 3.05) is 29.2 Å². The van der Waals surface area contributed by atoms with Gasteiger partial charge in [0.1, 0.15) is 11.6 Å². The van der Waals surface area contributed by atoms with Gasteiger partial charge in [-0.05, 0) is 74.2 Å². The summed E-state index contributed by atoms with van der Waals surface area (Å²) in [5.74, 6) is 0.748. The molecule has 8 nitrogen and oxygen atoms in total. The average molecular weight is 511 g/mol. The Labute approximate surface area is 213 Å². The molecule has 1 amide bonds. The van der Waals surface area contributed by atoms with E-state index in [1.807, 2.05) is 17.5 Å². The summed E-state index contributed by atoms with van der Waals surface area (Å²) in [5, 5.41) is 15.0. The Morgan fingerprint density at radius 3 is 2.53 bits per heavy atom. The van der Waals surface area contributed by atoms with Crippen LogP contribution in [0, 0.1) is 5.82 Å². The second-order valence-corrected chi connectivity index (χ2v) is 10.2. The summed E-state index contributed by atoms with van der Waals surface area (Å²) in [7, 11) is 0. The maximum absolute atomic E-state index is 14.8. The number of aromatic nitrogens is 2. The standard InChI is InChI=1S/C26H31FN6O2S/c1-2-23(34)29-16-3-5-17(6-4-16)30-25-24-22(11-14-36-24)32-26(33-25)31-19-7-8-21(20(27)15-19)28-18-9-12-35-13-10-18/h2,7-8,11,14-18,28H,1,3-6,9-10,12-13H2,(H,29,34)(H2,30,31,32,33). The van der Waals surface area contributed by atoms with Gasteiger partial charge in [0.15, 0.2) is 0 Å². The number of hydrogen-bond acceptors (Lipinski definition) is 8. The van der Waals surface area contributed by atoms with E-state index in [1.165, 1.54) is 12.1 Å². The van der Waals surface area contributed by atoms with Crippen LogP contribution in [0.1, 0.15) is 38.5 Å². The predicted octanol–water partition coefficient (Wildman–Crippen LogP) is 5.19. The molecule has 1 aliphatic carbocycles. The second kappa shape index (κ2) is 11.2. The fraction of sp³-hybridized carbons (Fsp3) is 0.423. The maximum atomic E-state index is 14.8. The Kier molecular flexibility index (Phi) is 7.62. The Morgan fingerprint density at radius 2 is 1.78 bits per heavy atom. The highest BCUT2D eigenvalue weighted by atomic mass is 32.1. The topological polar surface area (TPSA) is 100 Å². The van der Waals surface area contributed by atoms with Crippen LogP contribution in [0.2, 0.25) is 0 Å². The number of hydrogen-bond donors (Lipinski definition) is 4. The number of ether oxygens (including phenoxy) is 1. The average Bonchev–Trinajstić information content (AvgIpc) is 3.36. The van der Waals surface area contributed by atoms with Gasteiger partial charge in [-0.3, -0.25) is 4.79 Å². The Morgan fingerprint density at radius 1 is 1.03 bits per heavy atom. The zero-order valence-corrected chi connectivity index (χ0v) is 20.9. The molecule has 3 heterocycles. The number of amides is 1. The van der Waals surface area contributed by atoms with Crippen LogP contribution in [0.5, 0.6) is 0 Å². The fourth-order valence-electron chi connectivity index (χ4n) is 4.75. The van der Waals surface area contributed by atoms with Gasteiger partial charge < -0.3 is 26.0 Å². The van der Waals surface area contributed by atoms with Crippen LogP contribution in [0.4, 0.5) is 27.5 Å². The van der Waals surface area contributed by atoms with E-state index in [9.17, 15) is 9.18 Å². The van der Waals surface area contributed by atoms with Crippen LogP contribution in [0.15, 0.2) is 42.3 Å². The molecule has 0 bridgehead atoms. The summed E-state index contributed by atoms with van der Waals surface area (Å²) in [5.41, 5.74) is 1.91. The molecule has 0 unspecified atom stereocenters. The summed E-state index contributed by atoms with van der Waals surface area (Å²) in [6.07, 6.45) is 6.70. The van der Waals surface area contributed by atoms with E-state index in [2.05, 4.69) is 32.8 Å². The quantitative estimate of drug-likeness (QED) is 0.310. The molecule has 1 saturated heterocycles. The lowest BCUT2D eigenvalue weighted by Crippen LogP contribution is -2.39. The molecule has 1 aromatic carbocycles. The molecule has 36 heavy (non-hydrogen) atoms. The number of anilines is 4. The minimum absolute atomic E-state index is 0.123. The second-order valence-electron chi connectivity index (χ2n) is 9.29. The summed E-state index contributed by atoms with van der Waals surface area (Å²) >= 11 is 1.59. The summed E-state index contributed by atoms with van der Waals surface area (Å²) < 4.78 is 21.2. The van der Waals surface area contributed by atoms with E-state index < -0.39 is 0 Å². The Bertz CT molecular complexity index is 1220.